The smallest absolute Gasteiger partial charge is 0.299 e. The van der Waals surface area contributed by atoms with Gasteiger partial charge in [-0.3, -0.25) is 9.59 Å². The first-order chi connectivity index (χ1) is 9.06. The van der Waals surface area contributed by atoms with Gasteiger partial charge in [-0.25, -0.2) is 0 Å². The Bertz CT molecular complexity index is 522. The number of nitrogens with zero attached hydrogens (tertiary/aromatic N) is 1. The van der Waals surface area contributed by atoms with Crippen LogP contribution in [0.15, 0.2) is 12.1 Å². The summed E-state index contributed by atoms with van der Waals surface area (Å²) < 4.78 is 0. The van der Waals surface area contributed by atoms with Gasteiger partial charge in [0.2, 0.25) is 0 Å². The van der Waals surface area contributed by atoms with Gasteiger partial charge in [0.25, 0.3) is 11.7 Å². The molecule has 1 aromatic carbocycles. The average Bonchev–Trinajstić information content (AvgIpc) is 2.59. The van der Waals surface area contributed by atoms with Gasteiger partial charge in [0, 0.05) is 13.2 Å². The highest BCUT2D eigenvalue weighted by Gasteiger charge is 2.36. The van der Waals surface area contributed by atoms with Crippen LogP contribution in [0.1, 0.15) is 40.7 Å². The van der Waals surface area contributed by atoms with Crippen molar-refractivity contribution >= 4 is 17.4 Å². The predicted octanol–water partition coefficient (Wildman–Crippen LogP) is 2.00. The van der Waals surface area contributed by atoms with E-state index in [2.05, 4.69) is 0 Å². The zero-order valence-corrected chi connectivity index (χ0v) is 11.4. The number of aryl methyl sites for hydroxylation is 2. The molecule has 4 nitrogen and oxygen atoms in total. The van der Waals surface area contributed by atoms with Gasteiger partial charge in [0.1, 0.15) is 0 Å². The number of aliphatic hydroxyl groups is 1. The number of amides is 1. The van der Waals surface area contributed by atoms with Gasteiger partial charge in [-0.2, -0.15) is 0 Å². The fourth-order valence-electron chi connectivity index (χ4n) is 2.57. The van der Waals surface area contributed by atoms with Gasteiger partial charge >= 0.3 is 0 Å². The summed E-state index contributed by atoms with van der Waals surface area (Å²) in [7, 11) is 0. The number of anilines is 1. The van der Waals surface area contributed by atoms with E-state index in [-0.39, 0.29) is 6.61 Å². The minimum atomic E-state index is -0.423. The molecule has 1 aliphatic rings. The standard InChI is InChI=1S/C15H19NO3/c1-10-8-11(2)13-12(9-10)16(15(19)14(13)18)6-4-3-5-7-17/h8-9,17H,3-7H2,1-2H3. The maximum atomic E-state index is 12.0. The first-order valence-corrected chi connectivity index (χ1v) is 6.64. The Hall–Kier alpha value is -1.68. The van der Waals surface area contributed by atoms with Gasteiger partial charge in [-0.1, -0.05) is 6.07 Å². The van der Waals surface area contributed by atoms with Crippen LogP contribution in [0.2, 0.25) is 0 Å². The number of rotatable bonds is 5. The van der Waals surface area contributed by atoms with Crippen LogP contribution < -0.4 is 4.90 Å². The molecule has 0 atom stereocenters. The molecule has 0 bridgehead atoms. The number of hydrogen-bond donors (Lipinski definition) is 1. The number of carbonyl (C=O) groups excluding carboxylic acids is 2. The summed E-state index contributed by atoms with van der Waals surface area (Å²) in [6, 6.07) is 3.83. The van der Waals surface area contributed by atoms with E-state index in [0.29, 0.717) is 12.1 Å². The van der Waals surface area contributed by atoms with Crippen LogP contribution in [0, 0.1) is 13.8 Å². The first-order valence-electron chi connectivity index (χ1n) is 6.64. The van der Waals surface area contributed by atoms with E-state index in [9.17, 15) is 9.59 Å². The van der Waals surface area contributed by atoms with Crippen LogP contribution in [0.5, 0.6) is 0 Å². The average molecular weight is 261 g/mol. The first kappa shape index (κ1) is 13.7. The highest BCUT2D eigenvalue weighted by atomic mass is 16.3. The van der Waals surface area contributed by atoms with Crippen molar-refractivity contribution in [2.45, 2.75) is 33.1 Å². The third-order valence-corrected chi connectivity index (χ3v) is 3.46. The van der Waals surface area contributed by atoms with Crippen molar-refractivity contribution in [3.63, 3.8) is 0 Å². The molecule has 0 aromatic heterocycles. The molecule has 0 aliphatic carbocycles. The topological polar surface area (TPSA) is 57.6 Å². The van der Waals surface area contributed by atoms with Crippen molar-refractivity contribution in [2.24, 2.45) is 0 Å². The number of fused-ring (bicyclic) bond motifs is 1. The zero-order valence-electron chi connectivity index (χ0n) is 11.4. The molecule has 1 aliphatic heterocycles. The Morgan fingerprint density at radius 2 is 1.84 bits per heavy atom. The Morgan fingerprint density at radius 3 is 2.53 bits per heavy atom. The Balaban J connectivity index is 2.23. The molecular weight excluding hydrogens is 242 g/mol. The van der Waals surface area contributed by atoms with E-state index in [4.69, 9.17) is 5.11 Å². The molecule has 4 heteroatoms. The normalized spacial score (nSPS) is 14.2. The van der Waals surface area contributed by atoms with E-state index >= 15 is 0 Å². The van der Waals surface area contributed by atoms with E-state index in [0.717, 1.165) is 36.1 Å². The van der Waals surface area contributed by atoms with Crippen LogP contribution in [-0.2, 0) is 4.79 Å². The molecule has 0 spiro atoms. The largest absolute Gasteiger partial charge is 0.396 e. The lowest BCUT2D eigenvalue weighted by Crippen LogP contribution is -2.30. The van der Waals surface area contributed by atoms with E-state index in [1.807, 2.05) is 26.0 Å². The Labute approximate surface area is 113 Å². The maximum Gasteiger partial charge on any atom is 0.299 e. The lowest BCUT2D eigenvalue weighted by Gasteiger charge is -2.17. The van der Waals surface area contributed by atoms with Crippen molar-refractivity contribution < 1.29 is 14.7 Å². The van der Waals surface area contributed by atoms with Crippen molar-refractivity contribution in [3.05, 3.63) is 28.8 Å². The van der Waals surface area contributed by atoms with Crippen molar-refractivity contribution in [1.82, 2.24) is 0 Å². The van der Waals surface area contributed by atoms with Gasteiger partial charge in [-0.05, 0) is 50.3 Å². The molecule has 0 radical (unpaired) electrons. The fourth-order valence-corrected chi connectivity index (χ4v) is 2.57. The second-order valence-electron chi connectivity index (χ2n) is 5.05. The number of carbonyl (C=O) groups is 2. The SMILES string of the molecule is Cc1cc(C)c2c(c1)N(CCCCCO)C(=O)C2=O. The quantitative estimate of drug-likeness (QED) is 0.651. The maximum absolute atomic E-state index is 12.0. The number of benzene rings is 1. The second kappa shape index (κ2) is 5.53. The number of hydrogen-bond acceptors (Lipinski definition) is 3. The number of unbranched alkanes of at least 4 members (excludes halogenated alkanes) is 2. The molecule has 1 aromatic rings. The number of aliphatic hydroxyl groups excluding tert-OH is 1. The molecule has 0 saturated heterocycles. The van der Waals surface area contributed by atoms with Gasteiger partial charge in [0.15, 0.2) is 0 Å². The van der Waals surface area contributed by atoms with Crippen LogP contribution in [0.3, 0.4) is 0 Å². The van der Waals surface area contributed by atoms with E-state index < -0.39 is 11.7 Å². The monoisotopic (exact) mass is 261 g/mol. The van der Waals surface area contributed by atoms with Crippen LogP contribution in [0.4, 0.5) is 5.69 Å². The summed E-state index contributed by atoms with van der Waals surface area (Å²) in [6.45, 7) is 4.54. The van der Waals surface area contributed by atoms with Gasteiger partial charge in [0.05, 0.1) is 11.3 Å². The van der Waals surface area contributed by atoms with Crippen molar-refractivity contribution in [2.75, 3.05) is 18.1 Å². The molecule has 0 unspecified atom stereocenters. The zero-order chi connectivity index (χ0) is 14.0. The molecule has 0 saturated carbocycles. The molecule has 0 fully saturated rings. The summed E-state index contributed by atoms with van der Waals surface area (Å²) >= 11 is 0. The minimum absolute atomic E-state index is 0.168. The van der Waals surface area contributed by atoms with Crippen LogP contribution in [0.25, 0.3) is 0 Å². The van der Waals surface area contributed by atoms with Gasteiger partial charge in [-0.15, -0.1) is 0 Å². The van der Waals surface area contributed by atoms with Crippen molar-refractivity contribution in [1.29, 1.82) is 0 Å². The highest BCUT2D eigenvalue weighted by molar-refractivity contribution is 6.52. The molecule has 1 heterocycles. The third kappa shape index (κ3) is 2.54. The Morgan fingerprint density at radius 1 is 1.11 bits per heavy atom. The molecule has 102 valence electrons. The lowest BCUT2D eigenvalue weighted by molar-refractivity contribution is -0.114. The molecular formula is C15H19NO3. The summed E-state index contributed by atoms with van der Waals surface area (Å²) in [6.07, 6.45) is 2.39. The number of ketones is 1. The Kier molecular flexibility index (Phi) is 4.00. The molecule has 1 amide bonds. The molecule has 19 heavy (non-hydrogen) atoms. The predicted molar refractivity (Wildman–Crippen MR) is 73.5 cm³/mol. The fraction of sp³-hybridized carbons (Fsp3) is 0.467. The highest BCUT2D eigenvalue weighted by Crippen LogP contribution is 2.32. The van der Waals surface area contributed by atoms with E-state index in [1.54, 1.807) is 4.90 Å². The summed E-state index contributed by atoms with van der Waals surface area (Å²) in [4.78, 5) is 25.6. The lowest BCUT2D eigenvalue weighted by atomic mass is 10.0. The molecule has 2 rings (SSSR count). The third-order valence-electron chi connectivity index (χ3n) is 3.46. The van der Waals surface area contributed by atoms with Crippen LogP contribution in [-0.4, -0.2) is 29.9 Å². The van der Waals surface area contributed by atoms with Gasteiger partial charge < -0.3 is 10.0 Å². The van der Waals surface area contributed by atoms with Crippen molar-refractivity contribution in [3.8, 4) is 0 Å². The van der Waals surface area contributed by atoms with Crippen LogP contribution >= 0.6 is 0 Å². The number of Topliss-reactive ketones (excluding diaryl/α,β-unsaturated/α-hetero) is 1. The second-order valence-corrected chi connectivity index (χ2v) is 5.05. The van der Waals surface area contributed by atoms with E-state index in [1.165, 1.54) is 0 Å². The minimum Gasteiger partial charge on any atom is -0.396 e. The summed E-state index contributed by atoms with van der Waals surface area (Å²) in [5, 5.41) is 8.75. The summed E-state index contributed by atoms with van der Waals surface area (Å²) in [5.74, 6) is -0.817. The summed E-state index contributed by atoms with van der Waals surface area (Å²) in [5.41, 5.74) is 3.22. The molecule has 1 N–H and O–H groups in total.